The zero-order valence-corrected chi connectivity index (χ0v) is 15.5. The summed E-state index contributed by atoms with van der Waals surface area (Å²) in [7, 11) is 1.33. The number of amides is 2. The molecule has 0 bridgehead atoms. The lowest BCUT2D eigenvalue weighted by Crippen LogP contribution is -2.27. The smallest absolute Gasteiger partial charge is 0.311 e. The topological polar surface area (TPSA) is 102 Å². The maximum absolute atomic E-state index is 12.3. The minimum absolute atomic E-state index is 0.0265. The second-order valence-electron chi connectivity index (χ2n) is 6.52. The monoisotopic (exact) mass is 383 g/mol. The number of likely N-dealkylation sites (tertiary alicyclic amines) is 1. The molecule has 8 nitrogen and oxygen atoms in total. The molecule has 1 aliphatic rings. The molecular weight excluding hydrogens is 362 g/mol. The molecule has 2 aromatic carbocycles. The summed E-state index contributed by atoms with van der Waals surface area (Å²) in [6.07, 6.45) is 2.08. The molecule has 1 fully saturated rings. The van der Waals surface area contributed by atoms with Crippen molar-refractivity contribution in [3.8, 4) is 5.75 Å². The van der Waals surface area contributed by atoms with Crippen molar-refractivity contribution < 1.29 is 19.2 Å². The summed E-state index contributed by atoms with van der Waals surface area (Å²) in [5.74, 6) is -0.304. The zero-order valence-electron chi connectivity index (χ0n) is 15.5. The van der Waals surface area contributed by atoms with Crippen molar-refractivity contribution in [1.29, 1.82) is 0 Å². The Morgan fingerprint density at radius 3 is 2.36 bits per heavy atom. The molecule has 0 aromatic heterocycles. The highest BCUT2D eigenvalue weighted by Gasteiger charge is 2.20. The molecule has 0 saturated carbocycles. The second kappa shape index (κ2) is 8.51. The van der Waals surface area contributed by atoms with E-state index in [-0.39, 0.29) is 29.5 Å². The molecule has 3 rings (SSSR count). The zero-order chi connectivity index (χ0) is 20.1. The molecule has 1 aliphatic heterocycles. The van der Waals surface area contributed by atoms with Crippen LogP contribution in [0.15, 0.2) is 42.5 Å². The Balaban J connectivity index is 1.62. The number of nitro benzene ring substituents is 1. The molecular formula is C20H21N3O5. The van der Waals surface area contributed by atoms with E-state index in [9.17, 15) is 19.7 Å². The Hall–Kier alpha value is -3.42. The predicted molar refractivity (Wildman–Crippen MR) is 102 cm³/mol. The highest BCUT2D eigenvalue weighted by atomic mass is 16.6. The van der Waals surface area contributed by atoms with Crippen molar-refractivity contribution in [1.82, 2.24) is 10.2 Å². The summed E-state index contributed by atoms with van der Waals surface area (Å²) in [5.41, 5.74) is 1.37. The van der Waals surface area contributed by atoms with Crippen LogP contribution in [-0.4, -0.2) is 41.8 Å². The van der Waals surface area contributed by atoms with Gasteiger partial charge in [0.05, 0.1) is 12.0 Å². The number of ether oxygens (including phenoxy) is 1. The number of hydrogen-bond donors (Lipinski definition) is 1. The van der Waals surface area contributed by atoms with Gasteiger partial charge < -0.3 is 15.0 Å². The third-order valence-electron chi connectivity index (χ3n) is 4.68. The van der Waals surface area contributed by atoms with Gasteiger partial charge in [-0.1, -0.05) is 12.1 Å². The summed E-state index contributed by atoms with van der Waals surface area (Å²) in [5, 5.41) is 13.8. The Morgan fingerprint density at radius 1 is 1.11 bits per heavy atom. The van der Waals surface area contributed by atoms with Crippen LogP contribution in [0.5, 0.6) is 5.75 Å². The van der Waals surface area contributed by atoms with E-state index in [1.165, 1.54) is 25.3 Å². The van der Waals surface area contributed by atoms with Crippen LogP contribution in [0.1, 0.15) is 39.1 Å². The summed E-state index contributed by atoms with van der Waals surface area (Å²) in [4.78, 5) is 37.0. The Kier molecular flexibility index (Phi) is 5.88. The molecule has 1 heterocycles. The third kappa shape index (κ3) is 4.28. The fraction of sp³-hybridized carbons (Fsp3) is 0.300. The summed E-state index contributed by atoms with van der Waals surface area (Å²) in [6, 6.07) is 11.1. The largest absolute Gasteiger partial charge is 0.490 e. The number of benzene rings is 2. The van der Waals surface area contributed by atoms with Crippen molar-refractivity contribution in [3.63, 3.8) is 0 Å². The minimum Gasteiger partial charge on any atom is -0.490 e. The standard InChI is InChI=1S/C20H21N3O5/c1-28-18-9-8-16(12-17(18)23(26)27)19(24)21-13-14-4-6-15(7-5-14)20(25)22-10-2-3-11-22/h4-9,12H,2-3,10-11,13H2,1H3,(H,21,24). The van der Waals surface area contributed by atoms with Gasteiger partial charge >= 0.3 is 5.69 Å². The number of carbonyl (C=O) groups excluding carboxylic acids is 2. The maximum atomic E-state index is 12.3. The number of nitrogens with one attached hydrogen (secondary N) is 1. The number of hydrogen-bond acceptors (Lipinski definition) is 5. The van der Waals surface area contributed by atoms with Crippen molar-refractivity contribution in [2.24, 2.45) is 0 Å². The average molecular weight is 383 g/mol. The SMILES string of the molecule is COc1ccc(C(=O)NCc2ccc(C(=O)N3CCCC3)cc2)cc1[N+](=O)[O-]. The lowest BCUT2D eigenvalue weighted by atomic mass is 10.1. The van der Waals surface area contributed by atoms with Gasteiger partial charge in [-0.2, -0.15) is 0 Å². The first kappa shape index (κ1) is 19.3. The molecule has 0 aliphatic carbocycles. The number of nitrogens with zero attached hydrogens (tertiary/aromatic N) is 2. The van der Waals surface area contributed by atoms with Crippen LogP contribution in [-0.2, 0) is 6.54 Å². The van der Waals surface area contributed by atoms with Gasteiger partial charge in [-0.05, 0) is 42.7 Å². The van der Waals surface area contributed by atoms with E-state index >= 15 is 0 Å². The van der Waals surface area contributed by atoms with Crippen LogP contribution >= 0.6 is 0 Å². The van der Waals surface area contributed by atoms with Crippen LogP contribution in [0, 0.1) is 10.1 Å². The lowest BCUT2D eigenvalue weighted by Gasteiger charge is -2.15. The first-order chi connectivity index (χ1) is 13.5. The number of rotatable bonds is 6. The quantitative estimate of drug-likeness (QED) is 0.610. The maximum Gasteiger partial charge on any atom is 0.311 e. The summed E-state index contributed by atoms with van der Waals surface area (Å²) >= 11 is 0. The molecule has 0 radical (unpaired) electrons. The van der Waals surface area contributed by atoms with Crippen molar-refractivity contribution in [3.05, 3.63) is 69.3 Å². The molecule has 0 atom stereocenters. The van der Waals surface area contributed by atoms with E-state index in [1.54, 1.807) is 24.3 Å². The summed E-state index contributed by atoms with van der Waals surface area (Å²) < 4.78 is 4.93. The molecule has 2 amide bonds. The van der Waals surface area contributed by atoms with Gasteiger partial charge in [0.25, 0.3) is 11.8 Å². The van der Waals surface area contributed by atoms with E-state index in [0.717, 1.165) is 31.5 Å². The molecule has 1 saturated heterocycles. The van der Waals surface area contributed by atoms with Crippen LogP contribution < -0.4 is 10.1 Å². The number of carbonyl (C=O) groups is 2. The Morgan fingerprint density at radius 2 is 1.75 bits per heavy atom. The Bertz CT molecular complexity index is 889. The number of nitro groups is 1. The first-order valence-corrected chi connectivity index (χ1v) is 8.98. The van der Waals surface area contributed by atoms with Gasteiger partial charge in [-0.15, -0.1) is 0 Å². The predicted octanol–water partition coefficient (Wildman–Crippen LogP) is 2.77. The van der Waals surface area contributed by atoms with E-state index in [1.807, 2.05) is 4.90 Å². The van der Waals surface area contributed by atoms with Crippen LogP contribution in [0.3, 0.4) is 0 Å². The molecule has 1 N–H and O–H groups in total. The molecule has 28 heavy (non-hydrogen) atoms. The van der Waals surface area contributed by atoms with Crippen LogP contribution in [0.2, 0.25) is 0 Å². The van der Waals surface area contributed by atoms with E-state index in [0.29, 0.717) is 5.56 Å². The van der Waals surface area contributed by atoms with Crippen LogP contribution in [0.25, 0.3) is 0 Å². The van der Waals surface area contributed by atoms with E-state index in [2.05, 4.69) is 5.32 Å². The minimum atomic E-state index is -0.592. The average Bonchev–Trinajstić information content (AvgIpc) is 3.26. The van der Waals surface area contributed by atoms with Crippen molar-refractivity contribution >= 4 is 17.5 Å². The van der Waals surface area contributed by atoms with Gasteiger partial charge in [0.2, 0.25) is 0 Å². The number of methoxy groups -OCH3 is 1. The van der Waals surface area contributed by atoms with Gasteiger partial charge in [0.1, 0.15) is 0 Å². The van der Waals surface area contributed by atoms with Crippen molar-refractivity contribution in [2.75, 3.05) is 20.2 Å². The molecule has 8 heteroatoms. The molecule has 2 aromatic rings. The van der Waals surface area contributed by atoms with Gasteiger partial charge in [-0.3, -0.25) is 19.7 Å². The lowest BCUT2D eigenvalue weighted by molar-refractivity contribution is -0.385. The fourth-order valence-electron chi connectivity index (χ4n) is 3.13. The third-order valence-corrected chi connectivity index (χ3v) is 4.68. The molecule has 146 valence electrons. The van der Waals surface area contributed by atoms with Gasteiger partial charge in [-0.25, -0.2) is 0 Å². The molecule has 0 unspecified atom stereocenters. The first-order valence-electron chi connectivity index (χ1n) is 8.98. The normalized spacial score (nSPS) is 13.2. The summed E-state index contributed by atoms with van der Waals surface area (Å²) in [6.45, 7) is 1.84. The highest BCUT2D eigenvalue weighted by Crippen LogP contribution is 2.27. The fourth-order valence-corrected chi connectivity index (χ4v) is 3.13. The second-order valence-corrected chi connectivity index (χ2v) is 6.52. The van der Waals surface area contributed by atoms with Crippen molar-refractivity contribution in [2.45, 2.75) is 19.4 Å². The van der Waals surface area contributed by atoms with Crippen LogP contribution in [0.4, 0.5) is 5.69 Å². The van der Waals surface area contributed by atoms with E-state index in [4.69, 9.17) is 4.74 Å². The van der Waals surface area contributed by atoms with Gasteiger partial charge in [0, 0.05) is 36.8 Å². The van der Waals surface area contributed by atoms with Gasteiger partial charge in [0.15, 0.2) is 5.75 Å². The highest BCUT2D eigenvalue weighted by molar-refractivity contribution is 5.95. The Labute approximate surface area is 162 Å². The molecule has 0 spiro atoms. The van der Waals surface area contributed by atoms with E-state index < -0.39 is 10.8 Å².